The normalized spacial score (nSPS) is 14.3. The Morgan fingerprint density at radius 1 is 1.02 bits per heavy atom. The average Bonchev–Trinajstić information content (AvgIpc) is 3.16. The average molecular weight is 558 g/mol. The second-order valence-corrected chi connectivity index (χ2v) is 9.63. The number of phenols is 1. The molecule has 0 saturated carbocycles. The van der Waals surface area contributed by atoms with E-state index in [-0.39, 0.29) is 22.8 Å². The highest BCUT2D eigenvalue weighted by Gasteiger charge is 2.41. The summed E-state index contributed by atoms with van der Waals surface area (Å²) in [5.74, 6) is -1.02. The standard InChI is InChI=1S/C27H26F3N5O5/c1-15(34-39)31-24(37)18-12-13-21(36)23-22(18)26(2,3)14-35(23)20-7-5-4-6-19(20)33-25(38)32-16-8-10-17(11-9-16)40-27(28,29)30/h4-13,36,39H,14H2,1-3H3,(H,31,34,37)(H2,32,33,38). The van der Waals surface area contributed by atoms with Gasteiger partial charge in [-0.1, -0.05) is 31.1 Å². The lowest BCUT2D eigenvalue weighted by Gasteiger charge is -2.25. The number of rotatable bonds is 5. The molecular weight excluding hydrogens is 531 g/mol. The first-order chi connectivity index (χ1) is 18.8. The molecule has 4 rings (SSSR count). The van der Waals surface area contributed by atoms with Crippen molar-refractivity contribution >= 4 is 40.5 Å². The van der Waals surface area contributed by atoms with Crippen LogP contribution in [0.5, 0.6) is 11.5 Å². The van der Waals surface area contributed by atoms with E-state index < -0.39 is 29.5 Å². The number of nitrogens with zero attached hydrogens (tertiary/aromatic N) is 2. The smallest absolute Gasteiger partial charge is 0.506 e. The van der Waals surface area contributed by atoms with Crippen LogP contribution in [-0.2, 0) is 5.41 Å². The number of alkyl halides is 3. The molecule has 1 aliphatic heterocycles. The minimum Gasteiger partial charge on any atom is -0.506 e. The third kappa shape index (κ3) is 6.03. The number of para-hydroxylation sites is 2. The van der Waals surface area contributed by atoms with Crippen molar-refractivity contribution in [3.63, 3.8) is 0 Å². The molecule has 0 unspecified atom stereocenters. The Labute approximate surface area is 227 Å². The molecule has 0 atom stereocenters. The number of phenolic OH excluding ortho intramolecular Hbond substituents is 1. The third-order valence-electron chi connectivity index (χ3n) is 6.13. The van der Waals surface area contributed by atoms with Crippen LogP contribution in [0.3, 0.4) is 0 Å². The van der Waals surface area contributed by atoms with Crippen molar-refractivity contribution in [1.29, 1.82) is 0 Å². The van der Waals surface area contributed by atoms with Crippen LogP contribution in [0.25, 0.3) is 0 Å². The Hall–Kier alpha value is -4.94. The van der Waals surface area contributed by atoms with Gasteiger partial charge in [-0.2, -0.15) is 0 Å². The molecule has 0 spiro atoms. The molecule has 0 fully saturated rings. The van der Waals surface area contributed by atoms with Gasteiger partial charge in [-0.15, -0.1) is 13.2 Å². The number of hydrogen-bond donors (Lipinski definition) is 5. The van der Waals surface area contributed by atoms with Gasteiger partial charge in [0.15, 0.2) is 0 Å². The van der Waals surface area contributed by atoms with E-state index in [0.717, 1.165) is 12.1 Å². The van der Waals surface area contributed by atoms with Crippen molar-refractivity contribution in [2.75, 3.05) is 22.1 Å². The van der Waals surface area contributed by atoms with Crippen molar-refractivity contribution in [3.8, 4) is 11.5 Å². The zero-order chi connectivity index (χ0) is 29.2. The van der Waals surface area contributed by atoms with Gasteiger partial charge >= 0.3 is 12.4 Å². The number of carbonyl (C=O) groups excluding carboxylic acids is 2. The van der Waals surface area contributed by atoms with Crippen molar-refractivity contribution < 1.29 is 37.8 Å². The fourth-order valence-corrected chi connectivity index (χ4v) is 4.58. The minimum atomic E-state index is -4.83. The van der Waals surface area contributed by atoms with Crippen LogP contribution >= 0.6 is 0 Å². The van der Waals surface area contributed by atoms with Crippen molar-refractivity contribution in [1.82, 2.24) is 5.32 Å². The number of oxime groups is 1. The van der Waals surface area contributed by atoms with Crippen molar-refractivity contribution in [3.05, 3.63) is 71.8 Å². The van der Waals surface area contributed by atoms with Gasteiger partial charge < -0.3 is 35.9 Å². The fraction of sp³-hybridized carbons (Fsp3) is 0.222. The monoisotopic (exact) mass is 557 g/mol. The van der Waals surface area contributed by atoms with Gasteiger partial charge in [0.25, 0.3) is 5.91 Å². The number of benzene rings is 3. The van der Waals surface area contributed by atoms with Crippen LogP contribution < -0.4 is 25.6 Å². The van der Waals surface area contributed by atoms with E-state index in [1.54, 1.807) is 29.2 Å². The molecule has 210 valence electrons. The van der Waals surface area contributed by atoms with Gasteiger partial charge in [0.1, 0.15) is 17.3 Å². The molecular formula is C27H26F3N5O5. The Morgan fingerprint density at radius 2 is 1.70 bits per heavy atom. The molecule has 13 heteroatoms. The molecule has 10 nitrogen and oxygen atoms in total. The molecule has 3 aromatic rings. The Kier molecular flexibility index (Phi) is 7.49. The van der Waals surface area contributed by atoms with Crippen molar-refractivity contribution in [2.45, 2.75) is 32.5 Å². The van der Waals surface area contributed by atoms with Gasteiger partial charge in [0.2, 0.25) is 0 Å². The minimum absolute atomic E-state index is 0.00237. The molecule has 0 aliphatic carbocycles. The highest BCUT2D eigenvalue weighted by molar-refractivity contribution is 6.08. The number of amidine groups is 1. The second-order valence-electron chi connectivity index (χ2n) is 9.63. The van der Waals surface area contributed by atoms with Crippen LogP contribution in [0.2, 0.25) is 0 Å². The largest absolute Gasteiger partial charge is 0.573 e. The maximum absolute atomic E-state index is 13.0. The quantitative estimate of drug-likeness (QED) is 0.115. The summed E-state index contributed by atoms with van der Waals surface area (Å²) in [5.41, 5.74) is 1.73. The predicted octanol–water partition coefficient (Wildman–Crippen LogP) is 5.90. The number of hydrogen-bond acceptors (Lipinski definition) is 7. The molecule has 3 amide bonds. The zero-order valence-corrected chi connectivity index (χ0v) is 21.6. The SMILES string of the molecule is C/C(=N\O)NC(=O)c1ccc(O)c2c1C(C)(C)CN2c1ccccc1NC(=O)Nc1ccc(OC(F)(F)F)cc1. The molecule has 0 radical (unpaired) electrons. The van der Waals surface area contributed by atoms with Crippen LogP contribution in [0.15, 0.2) is 65.8 Å². The highest BCUT2D eigenvalue weighted by Crippen LogP contribution is 2.51. The summed E-state index contributed by atoms with van der Waals surface area (Å²) in [7, 11) is 0. The number of halogens is 3. The summed E-state index contributed by atoms with van der Waals surface area (Å²) < 4.78 is 41.0. The van der Waals surface area contributed by atoms with E-state index in [9.17, 15) is 27.9 Å². The van der Waals surface area contributed by atoms with Gasteiger partial charge in [0, 0.05) is 23.2 Å². The van der Waals surface area contributed by atoms with E-state index in [1.165, 1.54) is 31.2 Å². The van der Waals surface area contributed by atoms with E-state index in [4.69, 9.17) is 5.21 Å². The lowest BCUT2D eigenvalue weighted by atomic mass is 9.83. The molecule has 40 heavy (non-hydrogen) atoms. The Morgan fingerprint density at radius 3 is 2.35 bits per heavy atom. The number of amides is 3. The first-order valence-corrected chi connectivity index (χ1v) is 12.0. The summed E-state index contributed by atoms with van der Waals surface area (Å²) in [4.78, 5) is 27.5. The molecule has 0 bridgehead atoms. The Balaban J connectivity index is 1.61. The van der Waals surface area contributed by atoms with Gasteiger partial charge in [-0.3, -0.25) is 4.79 Å². The van der Waals surface area contributed by atoms with E-state index in [2.05, 4.69) is 25.8 Å². The van der Waals surface area contributed by atoms with Gasteiger partial charge in [0.05, 0.1) is 17.1 Å². The summed E-state index contributed by atoms with van der Waals surface area (Å²) in [6.07, 6.45) is -4.83. The second kappa shape index (κ2) is 10.7. The lowest BCUT2D eigenvalue weighted by Crippen LogP contribution is -2.31. The van der Waals surface area contributed by atoms with Gasteiger partial charge in [-0.25, -0.2) is 4.79 Å². The van der Waals surface area contributed by atoms with Crippen molar-refractivity contribution in [2.24, 2.45) is 5.16 Å². The number of ether oxygens (including phenoxy) is 1. The topological polar surface area (TPSA) is 136 Å². The summed E-state index contributed by atoms with van der Waals surface area (Å²) >= 11 is 0. The fourth-order valence-electron chi connectivity index (χ4n) is 4.58. The number of fused-ring (bicyclic) bond motifs is 1. The maximum Gasteiger partial charge on any atom is 0.573 e. The first kappa shape index (κ1) is 28.1. The molecule has 1 aliphatic rings. The van der Waals surface area contributed by atoms with Crippen LogP contribution in [0.1, 0.15) is 36.7 Å². The van der Waals surface area contributed by atoms with Gasteiger partial charge in [-0.05, 0) is 61.0 Å². The van der Waals surface area contributed by atoms with Crippen LogP contribution in [0, 0.1) is 0 Å². The van der Waals surface area contributed by atoms with E-state index in [1.807, 2.05) is 13.8 Å². The number of aromatic hydroxyl groups is 1. The number of urea groups is 1. The number of anilines is 4. The third-order valence-corrected chi connectivity index (χ3v) is 6.13. The first-order valence-electron chi connectivity index (χ1n) is 12.0. The lowest BCUT2D eigenvalue weighted by molar-refractivity contribution is -0.274. The molecule has 0 saturated heterocycles. The zero-order valence-electron chi connectivity index (χ0n) is 21.6. The van der Waals surface area contributed by atoms with Crippen LogP contribution in [0.4, 0.5) is 40.7 Å². The van der Waals surface area contributed by atoms with E-state index in [0.29, 0.717) is 29.2 Å². The summed E-state index contributed by atoms with van der Waals surface area (Å²) in [5, 5.41) is 30.6. The number of nitrogens with one attached hydrogen (secondary N) is 3. The predicted molar refractivity (Wildman–Crippen MR) is 143 cm³/mol. The number of carbonyl (C=O) groups is 2. The highest BCUT2D eigenvalue weighted by atomic mass is 19.4. The molecule has 0 aromatic heterocycles. The summed E-state index contributed by atoms with van der Waals surface area (Å²) in [6, 6.07) is 13.7. The molecule has 5 N–H and O–H groups in total. The van der Waals surface area contributed by atoms with E-state index >= 15 is 0 Å². The molecule has 1 heterocycles. The summed E-state index contributed by atoms with van der Waals surface area (Å²) in [6.45, 7) is 5.58. The maximum atomic E-state index is 13.0. The molecule has 3 aromatic carbocycles. The Bertz CT molecular complexity index is 1470. The van der Waals surface area contributed by atoms with Crippen LogP contribution in [-0.4, -0.2) is 41.0 Å².